The highest BCUT2D eigenvalue weighted by Gasteiger charge is 2.25. The molecule has 0 fully saturated rings. The molecular weight excluding hydrogens is 245 g/mol. The highest BCUT2D eigenvalue weighted by molar-refractivity contribution is 6.30. The van der Waals surface area contributed by atoms with Gasteiger partial charge >= 0.3 is 0 Å². The first-order valence-corrected chi connectivity index (χ1v) is 5.54. The molecule has 1 aromatic carbocycles. The third-order valence-corrected chi connectivity index (χ3v) is 2.72. The van der Waals surface area contributed by atoms with Crippen LogP contribution in [0.5, 0.6) is 0 Å². The van der Waals surface area contributed by atoms with Gasteiger partial charge in [-0.25, -0.2) is 9.40 Å². The zero-order valence-corrected chi connectivity index (χ0v) is 9.75. The molecule has 0 aliphatic carbocycles. The lowest BCUT2D eigenvalue weighted by Gasteiger charge is -2.11. The van der Waals surface area contributed by atoms with E-state index in [1.165, 1.54) is 17.1 Å². The molecule has 0 saturated heterocycles. The van der Waals surface area contributed by atoms with Gasteiger partial charge in [0.25, 0.3) is 5.91 Å². The number of benzene rings is 1. The summed E-state index contributed by atoms with van der Waals surface area (Å²) in [4.78, 5) is 11.7. The van der Waals surface area contributed by atoms with Gasteiger partial charge in [0.2, 0.25) is 0 Å². The maximum absolute atomic E-state index is 13.3. The minimum Gasteiger partial charge on any atom is -0.330 e. The molecule has 4 nitrogen and oxygen atoms in total. The predicted molar refractivity (Wildman–Crippen MR) is 64.6 cm³/mol. The highest BCUT2D eigenvalue weighted by Crippen LogP contribution is 2.25. The summed E-state index contributed by atoms with van der Waals surface area (Å²) >= 11 is 5.57. The third-order valence-electron chi connectivity index (χ3n) is 2.41. The number of nitrogens with zero attached hydrogens (tertiary/aromatic N) is 2. The van der Waals surface area contributed by atoms with E-state index in [0.717, 1.165) is 0 Å². The van der Waals surface area contributed by atoms with E-state index in [-0.39, 0.29) is 17.4 Å². The Labute approximate surface area is 103 Å². The highest BCUT2D eigenvalue weighted by atomic mass is 35.5. The lowest BCUT2D eigenvalue weighted by atomic mass is 10.2. The molecule has 0 aromatic heterocycles. The molecule has 1 amide bonds. The molecule has 1 aliphatic heterocycles. The second-order valence-electron chi connectivity index (χ2n) is 3.69. The molecule has 0 bridgehead atoms. The van der Waals surface area contributed by atoms with Crippen molar-refractivity contribution in [2.24, 2.45) is 10.8 Å². The first kappa shape index (κ1) is 12.0. The Bertz CT molecular complexity index is 490. The van der Waals surface area contributed by atoms with E-state index in [1.807, 2.05) is 0 Å². The number of halogens is 2. The number of carbonyl (C=O) groups excluding carboxylic acids is 1. The lowest BCUT2D eigenvalue weighted by molar-refractivity contribution is -0.116. The van der Waals surface area contributed by atoms with Crippen molar-refractivity contribution in [2.75, 3.05) is 11.6 Å². The summed E-state index contributed by atoms with van der Waals surface area (Å²) in [6.07, 6.45) is 0.805. The summed E-state index contributed by atoms with van der Waals surface area (Å²) in [6, 6.07) is 4.14. The second kappa shape index (κ2) is 4.81. The van der Waals surface area contributed by atoms with Crippen LogP contribution >= 0.6 is 11.6 Å². The maximum atomic E-state index is 13.3. The molecule has 2 N–H and O–H groups in total. The molecular formula is C11H11ClFN3O. The van der Waals surface area contributed by atoms with Gasteiger partial charge in [-0.2, -0.15) is 5.10 Å². The van der Waals surface area contributed by atoms with E-state index in [0.29, 0.717) is 24.4 Å². The molecule has 1 aliphatic rings. The molecule has 1 aromatic rings. The Morgan fingerprint density at radius 2 is 2.29 bits per heavy atom. The van der Waals surface area contributed by atoms with Crippen molar-refractivity contribution in [1.29, 1.82) is 0 Å². The largest absolute Gasteiger partial charge is 0.330 e. The molecule has 0 unspecified atom stereocenters. The Morgan fingerprint density at radius 1 is 1.53 bits per heavy atom. The van der Waals surface area contributed by atoms with Gasteiger partial charge in [-0.1, -0.05) is 11.6 Å². The summed E-state index contributed by atoms with van der Waals surface area (Å²) in [5.41, 5.74) is 6.49. The van der Waals surface area contributed by atoms with E-state index in [2.05, 4.69) is 5.10 Å². The standard InChI is InChI=1S/C11H11ClFN3O/c12-9-2-1-8(6-10(9)13)16-11(17)5-7(15-16)3-4-14/h1-2,6H,3-5,14H2. The van der Waals surface area contributed by atoms with Gasteiger partial charge in [-0.3, -0.25) is 4.79 Å². The number of hydrogen-bond acceptors (Lipinski definition) is 3. The van der Waals surface area contributed by atoms with Gasteiger partial charge in [0, 0.05) is 18.2 Å². The first-order valence-electron chi connectivity index (χ1n) is 5.16. The summed E-state index contributed by atoms with van der Waals surface area (Å²) < 4.78 is 13.3. The molecule has 0 radical (unpaired) electrons. The topological polar surface area (TPSA) is 58.7 Å². The summed E-state index contributed by atoms with van der Waals surface area (Å²) in [5.74, 6) is -0.755. The fourth-order valence-electron chi connectivity index (χ4n) is 1.61. The monoisotopic (exact) mass is 255 g/mol. The number of hydrazone groups is 1. The van der Waals surface area contributed by atoms with Crippen molar-refractivity contribution in [3.05, 3.63) is 29.0 Å². The molecule has 2 rings (SSSR count). The van der Waals surface area contributed by atoms with Crippen molar-refractivity contribution >= 4 is 28.9 Å². The van der Waals surface area contributed by atoms with E-state index < -0.39 is 5.82 Å². The maximum Gasteiger partial charge on any atom is 0.253 e. The first-order chi connectivity index (χ1) is 8.11. The van der Waals surface area contributed by atoms with Crippen molar-refractivity contribution in [3.63, 3.8) is 0 Å². The minimum absolute atomic E-state index is 0.0200. The molecule has 17 heavy (non-hydrogen) atoms. The van der Waals surface area contributed by atoms with Crippen molar-refractivity contribution in [2.45, 2.75) is 12.8 Å². The van der Waals surface area contributed by atoms with Crippen LogP contribution in [0.25, 0.3) is 0 Å². The van der Waals surface area contributed by atoms with Crippen LogP contribution < -0.4 is 10.7 Å². The van der Waals surface area contributed by atoms with Gasteiger partial charge in [0.1, 0.15) is 5.82 Å². The van der Waals surface area contributed by atoms with Crippen molar-refractivity contribution in [3.8, 4) is 0 Å². The number of rotatable bonds is 3. The molecule has 6 heteroatoms. The van der Waals surface area contributed by atoms with Gasteiger partial charge in [0.15, 0.2) is 0 Å². The summed E-state index contributed by atoms with van der Waals surface area (Å²) in [6.45, 7) is 0.439. The smallest absolute Gasteiger partial charge is 0.253 e. The van der Waals surface area contributed by atoms with Crippen molar-refractivity contribution < 1.29 is 9.18 Å². The lowest BCUT2D eigenvalue weighted by Crippen LogP contribution is -2.19. The fraction of sp³-hybridized carbons (Fsp3) is 0.273. The average Bonchev–Trinajstić information content (AvgIpc) is 2.64. The minimum atomic E-state index is -0.570. The van der Waals surface area contributed by atoms with Crippen LogP contribution in [0.2, 0.25) is 5.02 Å². The van der Waals surface area contributed by atoms with Crippen LogP contribution in [0.1, 0.15) is 12.8 Å². The number of carbonyl (C=O) groups is 1. The van der Waals surface area contributed by atoms with Crippen molar-refractivity contribution in [1.82, 2.24) is 0 Å². The zero-order valence-electron chi connectivity index (χ0n) is 8.99. The molecule has 1 heterocycles. The zero-order chi connectivity index (χ0) is 12.4. The van der Waals surface area contributed by atoms with E-state index in [1.54, 1.807) is 6.07 Å². The van der Waals surface area contributed by atoms with Crippen LogP contribution in [0, 0.1) is 5.82 Å². The Hall–Kier alpha value is -1.46. The van der Waals surface area contributed by atoms with Crippen LogP contribution in [-0.4, -0.2) is 18.2 Å². The number of nitrogens with two attached hydrogens (primary N) is 1. The van der Waals surface area contributed by atoms with Gasteiger partial charge in [-0.15, -0.1) is 0 Å². The quantitative estimate of drug-likeness (QED) is 0.897. The number of hydrogen-bond donors (Lipinski definition) is 1. The molecule has 0 atom stereocenters. The van der Waals surface area contributed by atoms with Gasteiger partial charge < -0.3 is 5.73 Å². The molecule has 0 spiro atoms. The molecule has 90 valence electrons. The number of anilines is 1. The second-order valence-corrected chi connectivity index (χ2v) is 4.09. The Kier molecular flexibility index (Phi) is 3.40. The molecule has 0 saturated carbocycles. The Balaban J connectivity index is 2.27. The van der Waals surface area contributed by atoms with Crippen LogP contribution in [-0.2, 0) is 4.79 Å². The van der Waals surface area contributed by atoms with E-state index in [4.69, 9.17) is 17.3 Å². The van der Waals surface area contributed by atoms with E-state index in [9.17, 15) is 9.18 Å². The fourth-order valence-corrected chi connectivity index (χ4v) is 1.72. The average molecular weight is 256 g/mol. The van der Waals surface area contributed by atoms with Gasteiger partial charge in [-0.05, 0) is 18.7 Å². The summed E-state index contributed by atoms with van der Waals surface area (Å²) in [5, 5.41) is 5.32. The SMILES string of the molecule is NCCC1=NN(c2ccc(Cl)c(F)c2)C(=O)C1. The van der Waals surface area contributed by atoms with E-state index >= 15 is 0 Å². The van der Waals surface area contributed by atoms with Gasteiger partial charge in [0.05, 0.1) is 17.1 Å². The van der Waals surface area contributed by atoms with Crippen LogP contribution in [0.3, 0.4) is 0 Å². The van der Waals surface area contributed by atoms with Crippen LogP contribution in [0.15, 0.2) is 23.3 Å². The Morgan fingerprint density at radius 3 is 2.94 bits per heavy atom. The third kappa shape index (κ3) is 2.45. The predicted octanol–water partition coefficient (Wildman–Crippen LogP) is 1.92. The van der Waals surface area contributed by atoms with Crippen LogP contribution in [0.4, 0.5) is 10.1 Å². The normalized spacial score (nSPS) is 15.4. The summed E-state index contributed by atoms with van der Waals surface area (Å²) in [7, 11) is 0. The number of amides is 1.